The smallest absolute Gasteiger partial charge is 0.191 e. The van der Waals surface area contributed by atoms with Gasteiger partial charge in [-0.1, -0.05) is 31.2 Å². The highest BCUT2D eigenvalue weighted by atomic mass is 16.5. The molecule has 0 radical (unpaired) electrons. The molecule has 0 aromatic heterocycles. The molecule has 5 heteroatoms. The maximum absolute atomic E-state index is 5.94. The Kier molecular flexibility index (Phi) is 6.32. The maximum Gasteiger partial charge on any atom is 0.191 e. The van der Waals surface area contributed by atoms with E-state index in [9.17, 15) is 0 Å². The summed E-state index contributed by atoms with van der Waals surface area (Å²) in [6.07, 6.45) is 4.32. The zero-order chi connectivity index (χ0) is 17.6. The molecular formula is C20H32N4O. The number of hydrogen-bond donors (Lipinski definition) is 2. The third-order valence-corrected chi connectivity index (χ3v) is 5.18. The number of nitrogens with zero attached hydrogens (tertiary/aromatic N) is 2. The Morgan fingerprint density at radius 1 is 1.28 bits per heavy atom. The van der Waals surface area contributed by atoms with Gasteiger partial charge in [0.15, 0.2) is 5.96 Å². The molecule has 3 rings (SSSR count). The molecule has 5 nitrogen and oxygen atoms in total. The van der Waals surface area contributed by atoms with Crippen LogP contribution in [0.2, 0.25) is 0 Å². The van der Waals surface area contributed by atoms with Gasteiger partial charge in [0.2, 0.25) is 0 Å². The second kappa shape index (κ2) is 8.68. The Labute approximate surface area is 151 Å². The van der Waals surface area contributed by atoms with Crippen LogP contribution >= 0.6 is 0 Å². The van der Waals surface area contributed by atoms with Crippen LogP contribution in [0.25, 0.3) is 0 Å². The highest BCUT2D eigenvalue weighted by Gasteiger charge is 2.41. The molecule has 0 amide bonds. The number of guanidine groups is 1. The fourth-order valence-electron chi connectivity index (χ4n) is 3.71. The molecule has 2 saturated heterocycles. The fourth-order valence-corrected chi connectivity index (χ4v) is 3.71. The van der Waals surface area contributed by atoms with Gasteiger partial charge in [-0.15, -0.1) is 0 Å². The van der Waals surface area contributed by atoms with E-state index < -0.39 is 0 Å². The maximum atomic E-state index is 5.94. The number of aliphatic imine (C=N–C) groups is 1. The molecular weight excluding hydrogens is 312 g/mol. The molecule has 3 unspecified atom stereocenters. The summed E-state index contributed by atoms with van der Waals surface area (Å²) in [5.41, 5.74) is 2.60. The molecule has 2 bridgehead atoms. The van der Waals surface area contributed by atoms with Gasteiger partial charge in [0.1, 0.15) is 0 Å². The Hall–Kier alpha value is -1.59. The summed E-state index contributed by atoms with van der Waals surface area (Å²) in [7, 11) is 2.15. The quantitative estimate of drug-likeness (QED) is 0.589. The minimum absolute atomic E-state index is 0.363. The number of rotatable bonds is 7. The number of nitrogens with one attached hydrogen (secondary N) is 2. The lowest BCUT2D eigenvalue weighted by atomic mass is 9.96. The number of ether oxygens (including phenoxy) is 1. The van der Waals surface area contributed by atoms with Gasteiger partial charge in [0.05, 0.1) is 24.8 Å². The van der Waals surface area contributed by atoms with Gasteiger partial charge in [-0.25, -0.2) is 4.99 Å². The van der Waals surface area contributed by atoms with Crippen molar-refractivity contribution >= 4 is 5.96 Å². The molecule has 1 aromatic carbocycles. The van der Waals surface area contributed by atoms with Crippen molar-refractivity contribution in [3.63, 3.8) is 0 Å². The SMILES string of the molecule is CCNC(=NCc1cccc(CN(C)CC)c1)NC1CC2CCC1O2. The Balaban J connectivity index is 1.60. The summed E-state index contributed by atoms with van der Waals surface area (Å²) >= 11 is 0. The number of benzene rings is 1. The van der Waals surface area contributed by atoms with Crippen LogP contribution in [0, 0.1) is 0 Å². The average molecular weight is 345 g/mol. The molecule has 0 saturated carbocycles. The minimum Gasteiger partial charge on any atom is -0.373 e. The van der Waals surface area contributed by atoms with Crippen molar-refractivity contribution in [1.29, 1.82) is 0 Å². The normalized spacial score (nSPS) is 25.6. The van der Waals surface area contributed by atoms with Crippen molar-refractivity contribution in [1.82, 2.24) is 15.5 Å². The van der Waals surface area contributed by atoms with Crippen molar-refractivity contribution in [3.05, 3.63) is 35.4 Å². The standard InChI is InChI=1S/C20H32N4O/c1-4-21-20(23-18-12-17-9-10-19(18)25-17)22-13-15-7-6-8-16(11-15)14-24(3)5-2/h6-8,11,17-19H,4-5,9-10,12-14H2,1-3H3,(H2,21,22,23). The van der Waals surface area contributed by atoms with Crippen molar-refractivity contribution in [3.8, 4) is 0 Å². The topological polar surface area (TPSA) is 48.9 Å². The highest BCUT2D eigenvalue weighted by molar-refractivity contribution is 5.80. The highest BCUT2D eigenvalue weighted by Crippen LogP contribution is 2.34. The van der Waals surface area contributed by atoms with Gasteiger partial charge in [-0.2, -0.15) is 0 Å². The molecule has 2 N–H and O–H groups in total. The van der Waals surface area contributed by atoms with E-state index in [0.29, 0.717) is 24.8 Å². The van der Waals surface area contributed by atoms with Gasteiger partial charge in [0.25, 0.3) is 0 Å². The second-order valence-electron chi connectivity index (χ2n) is 7.21. The summed E-state index contributed by atoms with van der Waals surface area (Å²) in [6.45, 7) is 7.89. The predicted octanol–water partition coefficient (Wildman–Crippen LogP) is 2.51. The Morgan fingerprint density at radius 2 is 2.12 bits per heavy atom. The van der Waals surface area contributed by atoms with Crippen LogP contribution in [0.4, 0.5) is 0 Å². The largest absolute Gasteiger partial charge is 0.373 e. The molecule has 3 atom stereocenters. The number of fused-ring (bicyclic) bond motifs is 2. The van der Waals surface area contributed by atoms with Crippen LogP contribution in [0.3, 0.4) is 0 Å². The van der Waals surface area contributed by atoms with E-state index in [1.807, 2.05) is 0 Å². The monoisotopic (exact) mass is 344 g/mol. The van der Waals surface area contributed by atoms with E-state index in [1.54, 1.807) is 0 Å². The first kappa shape index (κ1) is 18.2. The molecule has 2 fully saturated rings. The van der Waals surface area contributed by atoms with E-state index in [1.165, 1.54) is 24.0 Å². The third-order valence-electron chi connectivity index (χ3n) is 5.18. The van der Waals surface area contributed by atoms with E-state index in [-0.39, 0.29) is 0 Å². The molecule has 0 spiro atoms. The van der Waals surface area contributed by atoms with Crippen LogP contribution in [0.5, 0.6) is 0 Å². The van der Waals surface area contributed by atoms with Gasteiger partial charge in [0, 0.05) is 13.1 Å². The second-order valence-corrected chi connectivity index (χ2v) is 7.21. The average Bonchev–Trinajstić information content (AvgIpc) is 3.23. The summed E-state index contributed by atoms with van der Waals surface area (Å²) in [6, 6.07) is 9.15. The van der Waals surface area contributed by atoms with Crippen molar-refractivity contribution in [2.24, 2.45) is 4.99 Å². The third kappa shape index (κ3) is 4.95. The fraction of sp³-hybridized carbons (Fsp3) is 0.650. The summed E-state index contributed by atoms with van der Waals surface area (Å²) < 4.78 is 5.94. The van der Waals surface area contributed by atoms with Crippen LogP contribution in [0.1, 0.15) is 44.2 Å². The Bertz CT molecular complexity index is 589. The lowest BCUT2D eigenvalue weighted by Crippen LogP contribution is -2.47. The molecule has 25 heavy (non-hydrogen) atoms. The van der Waals surface area contributed by atoms with Gasteiger partial charge in [-0.3, -0.25) is 0 Å². The summed E-state index contributed by atoms with van der Waals surface area (Å²) in [5.74, 6) is 0.903. The van der Waals surface area contributed by atoms with Gasteiger partial charge < -0.3 is 20.3 Å². The van der Waals surface area contributed by atoms with Crippen LogP contribution < -0.4 is 10.6 Å². The zero-order valence-corrected chi connectivity index (χ0v) is 15.8. The van der Waals surface area contributed by atoms with Gasteiger partial charge >= 0.3 is 0 Å². The van der Waals surface area contributed by atoms with Crippen LogP contribution in [-0.2, 0) is 17.8 Å². The predicted molar refractivity (Wildman–Crippen MR) is 103 cm³/mol. The summed E-state index contributed by atoms with van der Waals surface area (Å²) in [4.78, 5) is 7.11. The lowest BCUT2D eigenvalue weighted by molar-refractivity contribution is 0.0992. The molecule has 1 aromatic rings. The first-order valence-corrected chi connectivity index (χ1v) is 9.64. The van der Waals surface area contributed by atoms with Crippen molar-refractivity contribution in [2.75, 3.05) is 20.1 Å². The molecule has 138 valence electrons. The summed E-state index contributed by atoms with van der Waals surface area (Å²) in [5, 5.41) is 6.95. The van der Waals surface area contributed by atoms with Crippen LogP contribution in [-0.4, -0.2) is 49.2 Å². The first-order chi connectivity index (χ1) is 12.2. The molecule has 2 aliphatic rings. The first-order valence-electron chi connectivity index (χ1n) is 9.64. The van der Waals surface area contributed by atoms with E-state index in [0.717, 1.165) is 32.0 Å². The molecule has 2 aliphatic heterocycles. The molecule has 2 heterocycles. The van der Waals surface area contributed by atoms with Crippen molar-refractivity contribution in [2.45, 2.75) is 64.4 Å². The molecule has 0 aliphatic carbocycles. The van der Waals surface area contributed by atoms with E-state index in [4.69, 9.17) is 9.73 Å². The lowest BCUT2D eigenvalue weighted by Gasteiger charge is -2.22. The van der Waals surface area contributed by atoms with E-state index >= 15 is 0 Å². The van der Waals surface area contributed by atoms with Gasteiger partial charge in [-0.05, 0) is 50.9 Å². The van der Waals surface area contributed by atoms with Crippen molar-refractivity contribution < 1.29 is 4.74 Å². The number of hydrogen-bond acceptors (Lipinski definition) is 3. The zero-order valence-electron chi connectivity index (χ0n) is 15.8. The van der Waals surface area contributed by atoms with Crippen LogP contribution in [0.15, 0.2) is 29.3 Å². The van der Waals surface area contributed by atoms with E-state index in [2.05, 4.69) is 60.7 Å². The minimum atomic E-state index is 0.363. The Morgan fingerprint density at radius 3 is 2.80 bits per heavy atom.